The summed E-state index contributed by atoms with van der Waals surface area (Å²) in [6, 6.07) is 15.2. The largest absolute Gasteiger partial charge is 0.461 e. The van der Waals surface area contributed by atoms with E-state index in [0.29, 0.717) is 6.61 Å². The molecule has 5 heteroatoms. The van der Waals surface area contributed by atoms with Gasteiger partial charge in [0.25, 0.3) is 0 Å². The average Bonchev–Trinajstić information content (AvgIpc) is 2.54. The molecule has 0 saturated carbocycles. The summed E-state index contributed by atoms with van der Waals surface area (Å²) in [6.45, 7) is 5.70. The van der Waals surface area contributed by atoms with Gasteiger partial charge in [-0.2, -0.15) is 5.10 Å². The van der Waals surface area contributed by atoms with Crippen molar-refractivity contribution >= 4 is 17.4 Å². The van der Waals surface area contributed by atoms with Gasteiger partial charge in [-0.3, -0.25) is 5.43 Å². The summed E-state index contributed by atoms with van der Waals surface area (Å²) in [5, 5.41) is 3.99. The van der Waals surface area contributed by atoms with Gasteiger partial charge in [0, 0.05) is 0 Å². The second kappa shape index (κ2) is 7.98. The molecule has 1 N–H and O–H groups in total. The number of hydrogen-bond donors (Lipinski definition) is 1. The van der Waals surface area contributed by atoms with Gasteiger partial charge in [0.15, 0.2) is 0 Å². The van der Waals surface area contributed by atoms with E-state index in [1.165, 1.54) is 0 Å². The first-order valence-electron chi connectivity index (χ1n) is 7.40. The Balaban J connectivity index is 1.97. The topological polar surface area (TPSA) is 59.9 Å². The molecule has 0 unspecified atom stereocenters. The van der Waals surface area contributed by atoms with Crippen LogP contribution in [0.4, 0.5) is 5.69 Å². The maximum atomic E-state index is 11.4. The number of ether oxygens (including phenoxy) is 2. The van der Waals surface area contributed by atoms with Crippen LogP contribution in [0, 0.1) is 6.92 Å². The number of anilines is 1. The maximum absolute atomic E-state index is 11.4. The van der Waals surface area contributed by atoms with Gasteiger partial charge in [-0.15, -0.1) is 0 Å². The summed E-state index contributed by atoms with van der Waals surface area (Å²) in [6.07, 6.45) is 0. The molecule has 0 atom stereocenters. The first-order valence-corrected chi connectivity index (χ1v) is 7.40. The molecule has 0 aliphatic rings. The monoisotopic (exact) mass is 312 g/mol. The van der Waals surface area contributed by atoms with E-state index in [-0.39, 0.29) is 5.71 Å². The highest BCUT2D eigenvalue weighted by atomic mass is 16.5. The maximum Gasteiger partial charge on any atom is 0.354 e. The van der Waals surface area contributed by atoms with Gasteiger partial charge >= 0.3 is 5.97 Å². The van der Waals surface area contributed by atoms with Crippen LogP contribution in [0.2, 0.25) is 0 Å². The minimum Gasteiger partial charge on any atom is -0.461 e. The van der Waals surface area contributed by atoms with Crippen molar-refractivity contribution in [2.45, 2.75) is 20.8 Å². The summed E-state index contributed by atoms with van der Waals surface area (Å²) in [5.41, 5.74) is 4.98. The van der Waals surface area contributed by atoms with E-state index >= 15 is 0 Å². The number of esters is 1. The van der Waals surface area contributed by atoms with E-state index < -0.39 is 5.97 Å². The van der Waals surface area contributed by atoms with Crippen LogP contribution >= 0.6 is 0 Å². The van der Waals surface area contributed by atoms with Crippen molar-refractivity contribution < 1.29 is 14.3 Å². The van der Waals surface area contributed by atoms with Crippen LogP contribution in [0.5, 0.6) is 11.5 Å². The van der Waals surface area contributed by atoms with Crippen LogP contribution in [0.25, 0.3) is 0 Å². The number of carbonyl (C=O) groups excluding carboxylic acids is 1. The summed E-state index contributed by atoms with van der Waals surface area (Å²) < 4.78 is 10.6. The fourth-order valence-electron chi connectivity index (χ4n) is 1.84. The van der Waals surface area contributed by atoms with Crippen LogP contribution in [0.15, 0.2) is 53.6 Å². The molecule has 5 nitrogen and oxygen atoms in total. The molecule has 0 amide bonds. The summed E-state index contributed by atoms with van der Waals surface area (Å²) in [7, 11) is 0. The molecule has 0 spiro atoms. The molecule has 23 heavy (non-hydrogen) atoms. The molecular weight excluding hydrogens is 292 g/mol. The van der Waals surface area contributed by atoms with E-state index in [0.717, 1.165) is 22.7 Å². The summed E-state index contributed by atoms with van der Waals surface area (Å²) >= 11 is 0. The fourth-order valence-corrected chi connectivity index (χ4v) is 1.84. The molecule has 0 bridgehead atoms. The summed E-state index contributed by atoms with van der Waals surface area (Å²) in [4.78, 5) is 11.4. The number of hydrogen-bond acceptors (Lipinski definition) is 5. The number of rotatable bonds is 6. The minimum atomic E-state index is -0.431. The highest BCUT2D eigenvalue weighted by molar-refractivity contribution is 6.35. The third-order valence-corrected chi connectivity index (χ3v) is 3.00. The van der Waals surface area contributed by atoms with Crippen molar-refractivity contribution in [3.63, 3.8) is 0 Å². The van der Waals surface area contributed by atoms with Gasteiger partial charge in [0.05, 0.1) is 12.3 Å². The number of carbonyl (C=O) groups is 1. The Bertz CT molecular complexity index is 694. The van der Waals surface area contributed by atoms with Crippen molar-refractivity contribution in [3.8, 4) is 11.5 Å². The van der Waals surface area contributed by atoms with Gasteiger partial charge in [-0.1, -0.05) is 12.1 Å². The number of hydrazone groups is 1. The first-order chi connectivity index (χ1) is 11.1. The Morgan fingerprint density at radius 3 is 2.52 bits per heavy atom. The standard InChI is InChI=1S/C18H20N2O3/c1-4-22-18(21)14(3)19-20-15-8-10-16(11-9-15)23-17-7-5-6-13(2)12-17/h5-12,20H,4H2,1-3H3/b19-14+. The molecule has 2 aromatic rings. The summed E-state index contributed by atoms with van der Waals surface area (Å²) in [5.74, 6) is 1.09. The lowest BCUT2D eigenvalue weighted by atomic mass is 10.2. The zero-order valence-electron chi connectivity index (χ0n) is 13.5. The molecule has 120 valence electrons. The van der Waals surface area contributed by atoms with Crippen molar-refractivity contribution in [1.82, 2.24) is 0 Å². The highest BCUT2D eigenvalue weighted by Gasteiger charge is 2.05. The molecule has 0 aliphatic carbocycles. The predicted molar refractivity (Wildman–Crippen MR) is 91.1 cm³/mol. The highest BCUT2D eigenvalue weighted by Crippen LogP contribution is 2.23. The molecule has 0 aliphatic heterocycles. The lowest BCUT2D eigenvalue weighted by Gasteiger charge is -2.07. The Morgan fingerprint density at radius 1 is 1.13 bits per heavy atom. The van der Waals surface area contributed by atoms with Gasteiger partial charge in [-0.05, 0) is 62.7 Å². The number of nitrogens with zero attached hydrogens (tertiary/aromatic N) is 1. The zero-order chi connectivity index (χ0) is 16.7. The van der Waals surface area contributed by atoms with Crippen LogP contribution in [-0.4, -0.2) is 18.3 Å². The third-order valence-electron chi connectivity index (χ3n) is 3.00. The van der Waals surface area contributed by atoms with Crippen molar-refractivity contribution in [1.29, 1.82) is 0 Å². The molecule has 2 rings (SSSR count). The second-order valence-corrected chi connectivity index (χ2v) is 4.97. The van der Waals surface area contributed by atoms with Crippen LogP contribution in [0.1, 0.15) is 19.4 Å². The van der Waals surface area contributed by atoms with Gasteiger partial charge in [-0.25, -0.2) is 4.79 Å². The molecular formula is C18H20N2O3. The Labute approximate surface area is 135 Å². The second-order valence-electron chi connectivity index (χ2n) is 4.97. The number of nitrogens with one attached hydrogen (secondary N) is 1. The first kappa shape index (κ1) is 16.5. The molecule has 0 heterocycles. The lowest BCUT2D eigenvalue weighted by molar-refractivity contribution is -0.135. The molecule has 0 saturated heterocycles. The zero-order valence-corrected chi connectivity index (χ0v) is 13.5. The number of aryl methyl sites for hydroxylation is 1. The van der Waals surface area contributed by atoms with Crippen molar-refractivity contribution in [3.05, 3.63) is 54.1 Å². The van der Waals surface area contributed by atoms with Crippen molar-refractivity contribution in [2.75, 3.05) is 12.0 Å². The van der Waals surface area contributed by atoms with Gasteiger partial charge in [0.2, 0.25) is 0 Å². The normalized spacial score (nSPS) is 11.0. The van der Waals surface area contributed by atoms with Gasteiger partial charge in [0.1, 0.15) is 17.2 Å². The van der Waals surface area contributed by atoms with E-state index in [2.05, 4.69) is 10.5 Å². The van der Waals surface area contributed by atoms with E-state index in [1.807, 2.05) is 55.5 Å². The predicted octanol–water partition coefficient (Wildman–Crippen LogP) is 4.14. The van der Waals surface area contributed by atoms with E-state index in [4.69, 9.17) is 9.47 Å². The SMILES string of the molecule is CCOC(=O)/C(C)=N/Nc1ccc(Oc2cccc(C)c2)cc1. The van der Waals surface area contributed by atoms with Crippen molar-refractivity contribution in [2.24, 2.45) is 5.10 Å². The van der Waals surface area contributed by atoms with Gasteiger partial charge < -0.3 is 9.47 Å². The molecule has 0 aromatic heterocycles. The third kappa shape index (κ3) is 5.14. The molecule has 2 aromatic carbocycles. The van der Waals surface area contributed by atoms with E-state index in [9.17, 15) is 4.79 Å². The van der Waals surface area contributed by atoms with Crippen LogP contribution in [-0.2, 0) is 9.53 Å². The fraction of sp³-hybridized carbons (Fsp3) is 0.222. The van der Waals surface area contributed by atoms with E-state index in [1.54, 1.807) is 13.8 Å². The lowest BCUT2D eigenvalue weighted by Crippen LogP contribution is -2.15. The number of benzene rings is 2. The quantitative estimate of drug-likeness (QED) is 0.495. The van der Waals surface area contributed by atoms with Crippen LogP contribution in [0.3, 0.4) is 0 Å². The minimum absolute atomic E-state index is 0.270. The van der Waals surface area contributed by atoms with Crippen LogP contribution < -0.4 is 10.2 Å². The Hall–Kier alpha value is -2.82. The molecule has 0 fully saturated rings. The Morgan fingerprint density at radius 2 is 1.87 bits per heavy atom. The Kier molecular flexibility index (Phi) is 5.74. The average molecular weight is 312 g/mol. The smallest absolute Gasteiger partial charge is 0.354 e. The molecule has 0 radical (unpaired) electrons.